The van der Waals surface area contributed by atoms with Gasteiger partial charge in [0.15, 0.2) is 0 Å². The molecule has 1 aliphatic carbocycles. The predicted molar refractivity (Wildman–Crippen MR) is 75.7 cm³/mol. The number of rotatable bonds is 3. The van der Waals surface area contributed by atoms with Crippen LogP contribution in [0.5, 0.6) is 0 Å². The molecule has 1 heterocycles. The van der Waals surface area contributed by atoms with Crippen LogP contribution >= 0.6 is 11.6 Å². The summed E-state index contributed by atoms with van der Waals surface area (Å²) in [5.41, 5.74) is 7.13. The minimum Gasteiger partial charge on any atom is -0.330 e. The third-order valence-corrected chi connectivity index (χ3v) is 4.86. The first-order chi connectivity index (χ1) is 8.54. The van der Waals surface area contributed by atoms with Gasteiger partial charge in [-0.15, -0.1) is 0 Å². The van der Waals surface area contributed by atoms with E-state index in [-0.39, 0.29) is 0 Å². The van der Waals surface area contributed by atoms with Crippen LogP contribution in [0.1, 0.15) is 44.7 Å². The molecule has 1 aromatic rings. The largest absolute Gasteiger partial charge is 0.330 e. The Morgan fingerprint density at radius 2 is 2.22 bits per heavy atom. The van der Waals surface area contributed by atoms with Crippen molar-refractivity contribution in [3.63, 3.8) is 0 Å². The molecule has 1 fully saturated rings. The van der Waals surface area contributed by atoms with Gasteiger partial charge in [-0.1, -0.05) is 25.4 Å². The molecule has 0 aromatic carbocycles. The number of halogens is 1. The fraction of sp³-hybridized carbons (Fsp3) is 0.786. The molecule has 2 N–H and O–H groups in total. The number of aromatic nitrogens is 2. The Morgan fingerprint density at radius 3 is 2.72 bits per heavy atom. The van der Waals surface area contributed by atoms with Gasteiger partial charge < -0.3 is 5.73 Å². The normalized spacial score (nSPS) is 28.9. The molecular formula is C14H24ClN3. The molecule has 1 saturated carbocycles. The molecule has 3 nitrogen and oxygen atoms in total. The molecule has 0 amide bonds. The second-order valence-corrected chi connectivity index (χ2v) is 6.33. The lowest BCUT2D eigenvalue weighted by Crippen LogP contribution is -2.32. The van der Waals surface area contributed by atoms with E-state index in [0.29, 0.717) is 11.8 Å². The van der Waals surface area contributed by atoms with E-state index in [4.69, 9.17) is 17.3 Å². The van der Waals surface area contributed by atoms with E-state index in [2.05, 4.69) is 18.9 Å². The van der Waals surface area contributed by atoms with Gasteiger partial charge in [0.2, 0.25) is 0 Å². The van der Waals surface area contributed by atoms with Crippen molar-refractivity contribution in [2.45, 2.75) is 39.0 Å². The topological polar surface area (TPSA) is 43.8 Å². The van der Waals surface area contributed by atoms with E-state index in [1.54, 1.807) is 6.20 Å². The van der Waals surface area contributed by atoms with Crippen molar-refractivity contribution >= 4 is 11.6 Å². The number of aryl methyl sites for hydroxylation is 1. The molecule has 18 heavy (non-hydrogen) atoms. The van der Waals surface area contributed by atoms with Crippen molar-refractivity contribution in [2.24, 2.45) is 30.5 Å². The van der Waals surface area contributed by atoms with Crippen LogP contribution in [0.3, 0.4) is 0 Å². The van der Waals surface area contributed by atoms with Crippen LogP contribution in [0.4, 0.5) is 0 Å². The van der Waals surface area contributed by atoms with Crippen molar-refractivity contribution in [2.75, 3.05) is 6.54 Å². The quantitative estimate of drug-likeness (QED) is 0.916. The van der Waals surface area contributed by atoms with E-state index in [1.165, 1.54) is 25.0 Å². The average Bonchev–Trinajstić information content (AvgIpc) is 2.68. The van der Waals surface area contributed by atoms with Crippen LogP contribution in [0.15, 0.2) is 6.20 Å². The van der Waals surface area contributed by atoms with Crippen LogP contribution in [-0.4, -0.2) is 16.3 Å². The number of nitrogens with two attached hydrogens (primary N) is 1. The van der Waals surface area contributed by atoms with Gasteiger partial charge in [0.05, 0.1) is 16.9 Å². The summed E-state index contributed by atoms with van der Waals surface area (Å²) in [4.78, 5) is 0. The lowest BCUT2D eigenvalue weighted by atomic mass is 9.69. The van der Waals surface area contributed by atoms with Gasteiger partial charge in [0.1, 0.15) is 0 Å². The van der Waals surface area contributed by atoms with Gasteiger partial charge in [-0.25, -0.2) is 0 Å². The standard InChI is InChI=1S/C14H24ClN3/c1-9(2)10-4-5-11(7-16)12(6-10)14-13(15)8-17-18(14)3/h8-12H,4-7,16H2,1-3H3. The molecule has 3 unspecified atom stereocenters. The summed E-state index contributed by atoms with van der Waals surface area (Å²) in [6.45, 7) is 5.38. The monoisotopic (exact) mass is 269 g/mol. The maximum absolute atomic E-state index is 6.30. The molecule has 0 saturated heterocycles. The first-order valence-electron chi connectivity index (χ1n) is 6.92. The zero-order valence-corrected chi connectivity index (χ0v) is 12.3. The van der Waals surface area contributed by atoms with E-state index >= 15 is 0 Å². The van der Waals surface area contributed by atoms with Gasteiger partial charge in [0.25, 0.3) is 0 Å². The minimum absolute atomic E-state index is 0.469. The zero-order chi connectivity index (χ0) is 13.3. The Morgan fingerprint density at radius 1 is 1.50 bits per heavy atom. The summed E-state index contributed by atoms with van der Waals surface area (Å²) in [7, 11) is 1.98. The molecule has 1 aliphatic rings. The van der Waals surface area contributed by atoms with Crippen molar-refractivity contribution in [1.82, 2.24) is 9.78 Å². The molecule has 2 rings (SSSR count). The maximum Gasteiger partial charge on any atom is 0.0820 e. The van der Waals surface area contributed by atoms with Crippen molar-refractivity contribution in [3.8, 4) is 0 Å². The fourth-order valence-corrected chi connectivity index (χ4v) is 3.63. The number of hydrogen-bond donors (Lipinski definition) is 1. The third kappa shape index (κ3) is 2.57. The van der Waals surface area contributed by atoms with Crippen LogP contribution in [-0.2, 0) is 7.05 Å². The number of hydrogen-bond acceptors (Lipinski definition) is 2. The van der Waals surface area contributed by atoms with Gasteiger partial charge >= 0.3 is 0 Å². The average molecular weight is 270 g/mol. The van der Waals surface area contributed by atoms with E-state index in [1.807, 2.05) is 11.7 Å². The summed E-state index contributed by atoms with van der Waals surface area (Å²) < 4.78 is 1.93. The van der Waals surface area contributed by atoms with Crippen LogP contribution in [0.2, 0.25) is 5.02 Å². The molecule has 3 atom stereocenters. The SMILES string of the molecule is CC(C)C1CCC(CN)C(c2c(Cl)cnn2C)C1. The van der Waals surface area contributed by atoms with Gasteiger partial charge in [-0.3, -0.25) is 4.68 Å². The highest BCUT2D eigenvalue weighted by molar-refractivity contribution is 6.31. The van der Waals surface area contributed by atoms with Crippen LogP contribution in [0.25, 0.3) is 0 Å². The molecule has 1 aromatic heterocycles. The highest BCUT2D eigenvalue weighted by Gasteiger charge is 2.34. The molecule has 0 bridgehead atoms. The Kier molecular flexibility index (Phi) is 4.33. The lowest BCUT2D eigenvalue weighted by Gasteiger charge is -2.37. The van der Waals surface area contributed by atoms with Gasteiger partial charge in [-0.2, -0.15) is 5.10 Å². The highest BCUT2D eigenvalue weighted by atomic mass is 35.5. The molecule has 0 radical (unpaired) electrons. The second kappa shape index (κ2) is 5.62. The molecule has 102 valence electrons. The molecule has 0 aliphatic heterocycles. The van der Waals surface area contributed by atoms with E-state index in [9.17, 15) is 0 Å². The first kappa shape index (κ1) is 13.9. The minimum atomic E-state index is 0.469. The van der Waals surface area contributed by atoms with E-state index < -0.39 is 0 Å². The maximum atomic E-state index is 6.30. The summed E-state index contributed by atoms with van der Waals surface area (Å²) in [5.74, 6) is 2.53. The van der Waals surface area contributed by atoms with Crippen molar-refractivity contribution < 1.29 is 0 Å². The Bertz CT molecular complexity index is 380. The second-order valence-electron chi connectivity index (χ2n) is 5.92. The van der Waals surface area contributed by atoms with Crippen molar-refractivity contribution in [1.29, 1.82) is 0 Å². The van der Waals surface area contributed by atoms with Gasteiger partial charge in [0, 0.05) is 13.0 Å². The summed E-state index contributed by atoms with van der Waals surface area (Å²) >= 11 is 6.30. The fourth-order valence-electron chi connectivity index (χ4n) is 3.33. The Labute approximate surface area is 115 Å². The highest BCUT2D eigenvalue weighted by Crippen LogP contribution is 2.44. The van der Waals surface area contributed by atoms with Crippen LogP contribution < -0.4 is 5.73 Å². The summed E-state index contributed by atoms with van der Waals surface area (Å²) in [6, 6.07) is 0. The Balaban J connectivity index is 2.26. The molecule has 0 spiro atoms. The molecule has 4 heteroatoms. The smallest absolute Gasteiger partial charge is 0.0820 e. The van der Waals surface area contributed by atoms with Gasteiger partial charge in [-0.05, 0) is 43.6 Å². The first-order valence-corrected chi connectivity index (χ1v) is 7.29. The predicted octanol–water partition coefficient (Wildman–Crippen LogP) is 3.19. The number of nitrogens with zero attached hydrogens (tertiary/aromatic N) is 2. The summed E-state index contributed by atoms with van der Waals surface area (Å²) in [6.07, 6.45) is 5.46. The third-order valence-electron chi connectivity index (χ3n) is 4.57. The Hall–Kier alpha value is -0.540. The molecular weight excluding hydrogens is 246 g/mol. The van der Waals surface area contributed by atoms with Crippen molar-refractivity contribution in [3.05, 3.63) is 16.9 Å². The van der Waals surface area contributed by atoms with E-state index in [0.717, 1.165) is 23.4 Å². The van der Waals surface area contributed by atoms with Crippen LogP contribution in [0, 0.1) is 17.8 Å². The zero-order valence-electron chi connectivity index (χ0n) is 11.6. The lowest BCUT2D eigenvalue weighted by molar-refractivity contribution is 0.192. The summed E-state index contributed by atoms with van der Waals surface area (Å²) in [5, 5.41) is 5.07.